The molecule has 1 heterocycles. The number of aliphatic hydroxyl groups excluding tert-OH is 1. The highest BCUT2D eigenvalue weighted by atomic mass is 16.6. The van der Waals surface area contributed by atoms with Crippen LogP contribution >= 0.6 is 0 Å². The molecule has 9 atom stereocenters. The predicted octanol–water partition coefficient (Wildman–Crippen LogP) is 5.60. The normalized spacial score (nSPS) is 55.6. The molecule has 3 saturated carbocycles. The number of hydrogen-bond donors (Lipinski definition) is 1. The molecule has 1 spiro atoms. The number of esters is 1. The largest absolute Gasteiger partial charge is 0.453 e. The Bertz CT molecular complexity index is 957. The van der Waals surface area contributed by atoms with Gasteiger partial charge in [0.05, 0.1) is 11.5 Å². The minimum absolute atomic E-state index is 0.0135. The molecule has 6 rings (SSSR count). The average Bonchev–Trinajstić information content (AvgIpc) is 3.18. The average molecular weight is 423 g/mol. The van der Waals surface area contributed by atoms with Crippen LogP contribution in [0.5, 0.6) is 0 Å². The Balaban J connectivity index is 1.52. The van der Waals surface area contributed by atoms with E-state index in [9.17, 15) is 9.90 Å². The van der Waals surface area contributed by atoms with E-state index in [4.69, 9.17) is 4.74 Å². The lowest BCUT2D eigenvalue weighted by molar-refractivity contribution is -0.182. The molecule has 3 heteroatoms. The first-order valence-corrected chi connectivity index (χ1v) is 12.4. The Hall–Kier alpha value is -1.35. The lowest BCUT2D eigenvalue weighted by atomic mass is 9.36. The quantitative estimate of drug-likeness (QED) is 0.442. The standard InChI is InChI=1S/C28H38O3/c1-16(2)18-15-19(29)17-9-12-27-22(28(17,18)31-23(27)30)8-7-21-25(5)14-13-24(3,4)20(25)10-11-26(21,27)6/h9,13-14,18-22,29H,1,7-8,10-12,15H2,2-6H3/t18-,19+,20-,21-,22-,25-,26+,27+,28-/m0/s1. The van der Waals surface area contributed by atoms with Crippen LogP contribution in [-0.2, 0) is 9.53 Å². The molecule has 2 bridgehead atoms. The molecular weight excluding hydrogens is 384 g/mol. The minimum Gasteiger partial charge on any atom is -0.453 e. The monoisotopic (exact) mass is 422 g/mol. The summed E-state index contributed by atoms with van der Waals surface area (Å²) in [6.45, 7) is 16.0. The smallest absolute Gasteiger partial charge is 0.314 e. The maximum Gasteiger partial charge on any atom is 0.314 e. The zero-order valence-corrected chi connectivity index (χ0v) is 19.8. The van der Waals surface area contributed by atoms with Gasteiger partial charge in [-0.05, 0) is 79.1 Å². The lowest BCUT2D eigenvalue weighted by Gasteiger charge is -2.65. The van der Waals surface area contributed by atoms with Crippen molar-refractivity contribution in [3.8, 4) is 0 Å². The van der Waals surface area contributed by atoms with Crippen LogP contribution in [0.25, 0.3) is 0 Å². The Morgan fingerprint density at radius 2 is 1.81 bits per heavy atom. The zero-order chi connectivity index (χ0) is 22.2. The molecule has 0 amide bonds. The fourth-order valence-corrected chi connectivity index (χ4v) is 10.3. The number of fused-ring (bicyclic) bond motifs is 3. The van der Waals surface area contributed by atoms with Crippen molar-refractivity contribution in [3.05, 3.63) is 36.0 Å². The molecule has 4 fully saturated rings. The van der Waals surface area contributed by atoms with Gasteiger partial charge >= 0.3 is 5.97 Å². The molecule has 31 heavy (non-hydrogen) atoms. The second kappa shape index (κ2) is 5.58. The van der Waals surface area contributed by atoms with E-state index in [0.717, 1.165) is 36.8 Å². The maximum absolute atomic E-state index is 14.0. The number of carbonyl (C=O) groups is 1. The fraction of sp³-hybridized carbons (Fsp3) is 0.750. The SMILES string of the molecule is C=C(C)[C@@H]1C[C@@H](O)C2=CC[C@]34C(=O)O[C@@]21[C@H]3CC[C@H]1[C@@]2(C)C=CC(C)(C)[C@@H]2CC[C@]14C. The summed E-state index contributed by atoms with van der Waals surface area (Å²) in [7, 11) is 0. The Labute approximate surface area is 187 Å². The number of allylic oxidation sites excluding steroid dienone is 3. The molecule has 5 aliphatic carbocycles. The first kappa shape index (κ1) is 20.3. The third-order valence-electron chi connectivity index (χ3n) is 11.5. The van der Waals surface area contributed by atoms with E-state index < -0.39 is 17.1 Å². The molecule has 1 saturated heterocycles. The zero-order valence-electron chi connectivity index (χ0n) is 19.8. The highest BCUT2D eigenvalue weighted by molar-refractivity contribution is 5.85. The molecule has 6 aliphatic rings. The maximum atomic E-state index is 14.0. The van der Waals surface area contributed by atoms with E-state index >= 15 is 0 Å². The summed E-state index contributed by atoms with van der Waals surface area (Å²) in [5.41, 5.74) is 1.18. The van der Waals surface area contributed by atoms with Crippen molar-refractivity contribution in [3.63, 3.8) is 0 Å². The van der Waals surface area contributed by atoms with Gasteiger partial charge in [0.2, 0.25) is 0 Å². The van der Waals surface area contributed by atoms with Gasteiger partial charge in [0, 0.05) is 11.8 Å². The van der Waals surface area contributed by atoms with Gasteiger partial charge in [-0.25, -0.2) is 0 Å². The molecule has 0 aromatic heterocycles. The third-order valence-corrected chi connectivity index (χ3v) is 11.5. The summed E-state index contributed by atoms with van der Waals surface area (Å²) in [5.74, 6) is 1.33. The van der Waals surface area contributed by atoms with Crippen LogP contribution < -0.4 is 0 Å². The van der Waals surface area contributed by atoms with E-state index in [1.807, 2.05) is 6.92 Å². The number of aliphatic hydroxyl groups is 1. The van der Waals surface area contributed by atoms with Crippen LogP contribution in [0.2, 0.25) is 0 Å². The van der Waals surface area contributed by atoms with Crippen LogP contribution in [0.1, 0.15) is 73.1 Å². The molecule has 0 aromatic carbocycles. The Kier molecular flexibility index (Phi) is 3.65. The van der Waals surface area contributed by atoms with Gasteiger partial charge in [-0.1, -0.05) is 58.1 Å². The summed E-state index contributed by atoms with van der Waals surface area (Å²) >= 11 is 0. The summed E-state index contributed by atoms with van der Waals surface area (Å²) in [6, 6.07) is 0. The van der Waals surface area contributed by atoms with Crippen molar-refractivity contribution in [2.24, 2.45) is 45.3 Å². The van der Waals surface area contributed by atoms with Crippen LogP contribution in [0.4, 0.5) is 0 Å². The van der Waals surface area contributed by atoms with E-state index in [2.05, 4.69) is 52.5 Å². The Morgan fingerprint density at radius 1 is 1.10 bits per heavy atom. The first-order chi connectivity index (χ1) is 14.4. The topological polar surface area (TPSA) is 46.5 Å². The van der Waals surface area contributed by atoms with E-state index in [1.165, 1.54) is 6.42 Å². The fourth-order valence-electron chi connectivity index (χ4n) is 10.3. The lowest BCUT2D eigenvalue weighted by Crippen LogP contribution is -2.64. The predicted molar refractivity (Wildman–Crippen MR) is 121 cm³/mol. The molecule has 0 unspecified atom stereocenters. The van der Waals surface area contributed by atoms with Crippen molar-refractivity contribution in [1.82, 2.24) is 0 Å². The number of rotatable bonds is 1. The summed E-state index contributed by atoms with van der Waals surface area (Å²) in [6.07, 6.45) is 12.4. The molecule has 1 N–H and O–H groups in total. The molecular formula is C28H38O3. The summed E-state index contributed by atoms with van der Waals surface area (Å²) < 4.78 is 6.53. The highest BCUT2D eigenvalue weighted by Gasteiger charge is 2.80. The number of ether oxygens (including phenoxy) is 1. The van der Waals surface area contributed by atoms with Gasteiger partial charge in [0.25, 0.3) is 0 Å². The van der Waals surface area contributed by atoms with Crippen molar-refractivity contribution in [1.29, 1.82) is 0 Å². The second-order valence-corrected chi connectivity index (χ2v) is 12.9. The van der Waals surface area contributed by atoms with Gasteiger partial charge in [-0.2, -0.15) is 0 Å². The van der Waals surface area contributed by atoms with Crippen LogP contribution in [0.15, 0.2) is 36.0 Å². The molecule has 3 nitrogen and oxygen atoms in total. The van der Waals surface area contributed by atoms with Crippen molar-refractivity contribution < 1.29 is 14.6 Å². The van der Waals surface area contributed by atoms with E-state index in [1.54, 1.807) is 0 Å². The molecule has 0 radical (unpaired) electrons. The minimum atomic E-state index is -0.656. The molecule has 0 aromatic rings. The van der Waals surface area contributed by atoms with Crippen LogP contribution in [0.3, 0.4) is 0 Å². The molecule has 1 aliphatic heterocycles. The third kappa shape index (κ3) is 1.93. The number of hydrogen-bond acceptors (Lipinski definition) is 3. The van der Waals surface area contributed by atoms with Gasteiger partial charge in [-0.15, -0.1) is 0 Å². The van der Waals surface area contributed by atoms with Gasteiger partial charge < -0.3 is 9.84 Å². The molecule has 168 valence electrons. The summed E-state index contributed by atoms with van der Waals surface area (Å²) in [4.78, 5) is 14.0. The van der Waals surface area contributed by atoms with Crippen molar-refractivity contribution >= 4 is 5.97 Å². The van der Waals surface area contributed by atoms with Crippen molar-refractivity contribution in [2.45, 2.75) is 84.8 Å². The van der Waals surface area contributed by atoms with Gasteiger partial charge in [-0.3, -0.25) is 4.79 Å². The summed E-state index contributed by atoms with van der Waals surface area (Å²) in [5, 5.41) is 10.9. The van der Waals surface area contributed by atoms with E-state index in [0.29, 0.717) is 18.3 Å². The first-order valence-electron chi connectivity index (χ1n) is 12.4. The van der Waals surface area contributed by atoms with Crippen molar-refractivity contribution in [2.75, 3.05) is 0 Å². The second-order valence-electron chi connectivity index (χ2n) is 12.9. The van der Waals surface area contributed by atoms with E-state index in [-0.39, 0.29) is 34.1 Å². The highest BCUT2D eigenvalue weighted by Crippen LogP contribution is 2.78. The number of carbonyl (C=O) groups excluding carboxylic acids is 1. The van der Waals surface area contributed by atoms with Crippen LogP contribution in [-0.4, -0.2) is 22.8 Å². The Morgan fingerprint density at radius 3 is 2.52 bits per heavy atom. The van der Waals surface area contributed by atoms with Gasteiger partial charge in [0.15, 0.2) is 0 Å². The van der Waals surface area contributed by atoms with Gasteiger partial charge in [0.1, 0.15) is 5.60 Å². The van der Waals surface area contributed by atoms with Crippen LogP contribution in [0, 0.1) is 45.3 Å².